The second kappa shape index (κ2) is 10.7. The van der Waals surface area contributed by atoms with Crippen molar-refractivity contribution >= 4 is 29.3 Å². The van der Waals surface area contributed by atoms with Crippen LogP contribution in [0.25, 0.3) is 0 Å². The second-order valence-electron chi connectivity index (χ2n) is 8.97. The van der Waals surface area contributed by atoms with Crippen LogP contribution in [0.5, 0.6) is 0 Å². The molecule has 2 aromatic rings. The van der Waals surface area contributed by atoms with Crippen molar-refractivity contribution < 1.29 is 19.1 Å². The van der Waals surface area contributed by atoms with Gasteiger partial charge in [0.2, 0.25) is 17.7 Å². The van der Waals surface area contributed by atoms with E-state index in [1.54, 1.807) is 37.6 Å². The Morgan fingerprint density at radius 2 is 1.97 bits per heavy atom. The van der Waals surface area contributed by atoms with Gasteiger partial charge in [0.15, 0.2) is 0 Å². The lowest BCUT2D eigenvalue weighted by atomic mass is 9.75. The number of rotatable bonds is 8. The van der Waals surface area contributed by atoms with Gasteiger partial charge in [-0.3, -0.25) is 24.3 Å². The fourth-order valence-electron chi connectivity index (χ4n) is 5.16. The van der Waals surface area contributed by atoms with Crippen molar-refractivity contribution in [3.8, 4) is 0 Å². The molecule has 0 bridgehead atoms. The highest BCUT2D eigenvalue weighted by Gasteiger charge is 2.55. The molecular formula is C26H30ClN3O4. The molecule has 0 aliphatic carbocycles. The maximum Gasteiger partial charge on any atom is 0.240 e. The number of benzene rings is 1. The zero-order valence-electron chi connectivity index (χ0n) is 19.4. The molecular weight excluding hydrogens is 454 g/mol. The van der Waals surface area contributed by atoms with Crippen molar-refractivity contribution in [1.29, 1.82) is 0 Å². The van der Waals surface area contributed by atoms with E-state index in [-0.39, 0.29) is 43.1 Å². The van der Waals surface area contributed by atoms with Gasteiger partial charge >= 0.3 is 0 Å². The van der Waals surface area contributed by atoms with Crippen molar-refractivity contribution in [3.63, 3.8) is 0 Å². The Balaban J connectivity index is 1.67. The van der Waals surface area contributed by atoms with E-state index in [1.807, 2.05) is 23.1 Å². The first-order valence-corrected chi connectivity index (χ1v) is 12.1. The van der Waals surface area contributed by atoms with Crippen LogP contribution in [-0.2, 0) is 24.5 Å². The maximum atomic E-state index is 13.8. The van der Waals surface area contributed by atoms with Gasteiger partial charge < -0.3 is 9.64 Å². The number of ether oxygens (including phenoxy) is 1. The molecule has 180 valence electrons. The summed E-state index contributed by atoms with van der Waals surface area (Å²) < 4.78 is 5.09. The summed E-state index contributed by atoms with van der Waals surface area (Å²) in [6, 6.07) is 12.6. The van der Waals surface area contributed by atoms with E-state index in [0.717, 1.165) is 25.0 Å². The number of carbonyl (C=O) groups excluding carboxylic acids is 3. The third-order valence-corrected chi connectivity index (χ3v) is 7.16. The minimum Gasteiger partial charge on any atom is -0.385 e. The van der Waals surface area contributed by atoms with Crippen LogP contribution in [0.2, 0.25) is 5.02 Å². The number of carbonyl (C=O) groups is 3. The Morgan fingerprint density at radius 1 is 1.18 bits per heavy atom. The number of piperidine rings is 1. The molecule has 34 heavy (non-hydrogen) atoms. The first-order valence-electron chi connectivity index (χ1n) is 11.8. The molecule has 3 amide bonds. The van der Waals surface area contributed by atoms with Gasteiger partial charge in [-0.1, -0.05) is 35.9 Å². The van der Waals surface area contributed by atoms with Crippen LogP contribution < -0.4 is 0 Å². The van der Waals surface area contributed by atoms with Crippen LogP contribution in [-0.4, -0.2) is 59.3 Å². The quantitative estimate of drug-likeness (QED) is 0.420. The summed E-state index contributed by atoms with van der Waals surface area (Å²) >= 11 is 6.54. The Bertz CT molecular complexity index is 1050. The average Bonchev–Trinajstić information content (AvgIpc) is 3.09. The molecule has 2 aliphatic heterocycles. The Hall–Kier alpha value is -2.77. The Kier molecular flexibility index (Phi) is 7.63. The van der Waals surface area contributed by atoms with E-state index in [0.29, 0.717) is 30.2 Å². The number of pyridine rings is 1. The normalized spacial score (nSPS) is 22.9. The number of hydrogen-bond donors (Lipinski definition) is 0. The highest BCUT2D eigenvalue weighted by Crippen LogP contribution is 2.44. The lowest BCUT2D eigenvalue weighted by Crippen LogP contribution is -2.46. The number of halogens is 1. The summed E-state index contributed by atoms with van der Waals surface area (Å²) in [4.78, 5) is 48.2. The van der Waals surface area contributed by atoms with Crippen molar-refractivity contribution in [1.82, 2.24) is 14.8 Å². The van der Waals surface area contributed by atoms with Gasteiger partial charge in [-0.25, -0.2) is 0 Å². The van der Waals surface area contributed by atoms with Gasteiger partial charge in [-0.15, -0.1) is 0 Å². The summed E-state index contributed by atoms with van der Waals surface area (Å²) in [5.41, 5.74) is 0.0625. The average molecular weight is 484 g/mol. The predicted molar refractivity (Wildman–Crippen MR) is 128 cm³/mol. The fraction of sp³-hybridized carbons (Fsp3) is 0.462. The second-order valence-corrected chi connectivity index (χ2v) is 9.37. The van der Waals surface area contributed by atoms with E-state index < -0.39 is 5.41 Å². The molecule has 2 fully saturated rings. The molecule has 3 heterocycles. The Labute approximate surface area is 205 Å². The monoisotopic (exact) mass is 483 g/mol. The molecule has 0 spiro atoms. The third-order valence-electron chi connectivity index (χ3n) is 6.83. The number of nitrogens with zero attached hydrogens (tertiary/aromatic N) is 3. The standard InChI is InChI=1S/C26H30ClN3O4/c1-34-16-8-15-30-24(32)18-26(25(30)33,19-9-2-3-10-20(19)27)17-23(31)29-14-7-5-12-22(29)21-11-4-6-13-28-21/h2-4,6,9-11,13,22H,5,7-8,12,14-18H2,1H3/t22-,26+/m0/s1. The van der Waals surface area contributed by atoms with Crippen LogP contribution in [0.4, 0.5) is 0 Å². The molecule has 7 nitrogen and oxygen atoms in total. The van der Waals surface area contributed by atoms with Crippen molar-refractivity contribution in [2.45, 2.75) is 50.0 Å². The van der Waals surface area contributed by atoms with Gasteiger partial charge in [0.1, 0.15) is 0 Å². The summed E-state index contributed by atoms with van der Waals surface area (Å²) in [6.07, 6.45) is 4.80. The minimum absolute atomic E-state index is 0.0730. The lowest BCUT2D eigenvalue weighted by molar-refractivity contribution is -0.144. The molecule has 0 N–H and O–H groups in total. The number of amides is 3. The third kappa shape index (κ3) is 4.72. The molecule has 8 heteroatoms. The summed E-state index contributed by atoms with van der Waals surface area (Å²) in [5, 5.41) is 0.384. The first kappa shape index (κ1) is 24.4. The topological polar surface area (TPSA) is 79.8 Å². The van der Waals surface area contributed by atoms with E-state index in [9.17, 15) is 14.4 Å². The van der Waals surface area contributed by atoms with Gasteiger partial charge in [-0.2, -0.15) is 0 Å². The van der Waals surface area contributed by atoms with Gasteiger partial charge in [-0.05, 0) is 49.4 Å². The molecule has 1 aromatic heterocycles. The van der Waals surface area contributed by atoms with Crippen molar-refractivity contribution in [3.05, 3.63) is 64.9 Å². The molecule has 0 unspecified atom stereocenters. The summed E-state index contributed by atoms with van der Waals surface area (Å²) in [6.45, 7) is 1.29. The summed E-state index contributed by atoms with van der Waals surface area (Å²) in [5.74, 6) is -0.801. The molecule has 0 saturated carbocycles. The largest absolute Gasteiger partial charge is 0.385 e. The first-order chi connectivity index (χ1) is 16.5. The van der Waals surface area contributed by atoms with E-state index in [1.165, 1.54) is 4.90 Å². The molecule has 0 radical (unpaired) electrons. The smallest absolute Gasteiger partial charge is 0.240 e. The van der Waals surface area contributed by atoms with Crippen molar-refractivity contribution in [2.75, 3.05) is 26.8 Å². The molecule has 2 saturated heterocycles. The van der Waals surface area contributed by atoms with Crippen LogP contribution in [0.15, 0.2) is 48.7 Å². The van der Waals surface area contributed by atoms with E-state index in [4.69, 9.17) is 16.3 Å². The summed E-state index contributed by atoms with van der Waals surface area (Å²) in [7, 11) is 1.58. The van der Waals surface area contributed by atoms with Crippen LogP contribution >= 0.6 is 11.6 Å². The molecule has 2 aliphatic rings. The zero-order chi connectivity index (χ0) is 24.1. The van der Waals surface area contributed by atoms with E-state index >= 15 is 0 Å². The highest BCUT2D eigenvalue weighted by molar-refractivity contribution is 6.32. The van der Waals surface area contributed by atoms with E-state index in [2.05, 4.69) is 4.98 Å². The Morgan fingerprint density at radius 3 is 2.71 bits per heavy atom. The van der Waals surface area contributed by atoms with Gasteiger partial charge in [0.25, 0.3) is 0 Å². The number of hydrogen-bond acceptors (Lipinski definition) is 5. The predicted octanol–water partition coefficient (Wildman–Crippen LogP) is 3.91. The number of methoxy groups -OCH3 is 1. The molecule has 4 rings (SSSR count). The number of aromatic nitrogens is 1. The number of likely N-dealkylation sites (tertiary alicyclic amines) is 2. The van der Waals surface area contributed by atoms with Gasteiger partial charge in [0, 0.05) is 50.9 Å². The van der Waals surface area contributed by atoms with Crippen LogP contribution in [0, 0.1) is 0 Å². The molecule has 2 atom stereocenters. The SMILES string of the molecule is COCCCN1C(=O)C[C@](CC(=O)N2CCCC[C@H]2c2ccccn2)(c2ccccc2Cl)C1=O. The fourth-order valence-corrected chi connectivity index (χ4v) is 5.47. The van der Waals surface area contributed by atoms with Crippen LogP contribution in [0.3, 0.4) is 0 Å². The van der Waals surface area contributed by atoms with Crippen LogP contribution in [0.1, 0.15) is 55.8 Å². The lowest BCUT2D eigenvalue weighted by Gasteiger charge is -2.38. The van der Waals surface area contributed by atoms with Gasteiger partial charge in [0.05, 0.1) is 17.2 Å². The highest BCUT2D eigenvalue weighted by atomic mass is 35.5. The molecule has 1 aromatic carbocycles. The number of imide groups is 1. The maximum absolute atomic E-state index is 13.8. The zero-order valence-corrected chi connectivity index (χ0v) is 20.2. The minimum atomic E-state index is -1.31. The van der Waals surface area contributed by atoms with Crippen molar-refractivity contribution in [2.24, 2.45) is 0 Å².